The molecule has 1 saturated carbocycles. The number of carbonyl (C=O) groups excluding carboxylic acids is 1. The number of rotatable bonds is 7. The molecule has 200 valence electrons. The number of fused-ring (bicyclic) bond motifs is 1. The molecular formula is C31H31ClN4O2S. The lowest BCUT2D eigenvalue weighted by Gasteiger charge is -2.33. The normalized spacial score (nSPS) is 19.2. The zero-order valence-corrected chi connectivity index (χ0v) is 23.4. The smallest absolute Gasteiger partial charge is 0.211 e. The molecule has 1 aromatic heterocycles. The number of Topliss-reactive ketones (excluding diaryl/α,β-unsaturated/α-hetero) is 1. The highest BCUT2D eigenvalue weighted by molar-refractivity contribution is 8.00. The maximum Gasteiger partial charge on any atom is 0.211 e. The molecule has 2 aliphatic rings. The molecule has 1 aliphatic heterocycles. The number of ketones is 1. The van der Waals surface area contributed by atoms with E-state index in [1.807, 2.05) is 72.3 Å². The van der Waals surface area contributed by atoms with E-state index >= 15 is 0 Å². The van der Waals surface area contributed by atoms with Crippen molar-refractivity contribution in [3.8, 4) is 17.1 Å². The highest BCUT2D eigenvalue weighted by atomic mass is 35.5. The van der Waals surface area contributed by atoms with Gasteiger partial charge in [-0.05, 0) is 73.2 Å². The van der Waals surface area contributed by atoms with Gasteiger partial charge in [-0.1, -0.05) is 79.0 Å². The number of aromatic nitrogens is 3. The van der Waals surface area contributed by atoms with Crippen molar-refractivity contribution < 1.29 is 9.53 Å². The Bertz CT molecular complexity index is 1430. The van der Waals surface area contributed by atoms with E-state index in [9.17, 15) is 4.79 Å². The lowest BCUT2D eigenvalue weighted by Crippen LogP contribution is -2.39. The maximum absolute atomic E-state index is 14.0. The van der Waals surface area contributed by atoms with Gasteiger partial charge in [0.1, 0.15) is 11.0 Å². The molecule has 1 aliphatic carbocycles. The molecule has 1 N–H and O–H groups in total. The minimum absolute atomic E-state index is 0.0690. The molecule has 2 unspecified atom stereocenters. The van der Waals surface area contributed by atoms with Gasteiger partial charge in [0.15, 0.2) is 11.6 Å². The predicted molar refractivity (Wildman–Crippen MR) is 156 cm³/mol. The van der Waals surface area contributed by atoms with Crippen LogP contribution in [0.5, 0.6) is 5.75 Å². The van der Waals surface area contributed by atoms with Gasteiger partial charge in [-0.15, -0.1) is 10.2 Å². The molecule has 3 aromatic carbocycles. The number of ether oxygens (including phenoxy) is 1. The van der Waals surface area contributed by atoms with Gasteiger partial charge in [0.2, 0.25) is 5.16 Å². The molecule has 0 bridgehead atoms. The second-order valence-corrected chi connectivity index (χ2v) is 11.7. The van der Waals surface area contributed by atoms with Crippen LogP contribution >= 0.6 is 23.4 Å². The first-order chi connectivity index (χ1) is 19.1. The summed E-state index contributed by atoms with van der Waals surface area (Å²) in [5.74, 6) is 2.16. The van der Waals surface area contributed by atoms with E-state index < -0.39 is 5.25 Å². The molecular weight excluding hydrogens is 528 g/mol. The Kier molecular flexibility index (Phi) is 7.62. The standard InChI is InChI=1S/C31H31ClN4O2S/c1-2-38-26-18-14-24(15-19-26)30-33-34-31-36(30)35-27(22-12-16-25(32)17-13-22)29(39-31)28(37)23-10-8-21(9-11-23)20-6-4-3-5-7-20/h8-20,27,29,35H,2-7H2,1H3. The Hall–Kier alpha value is -3.29. The van der Waals surface area contributed by atoms with Crippen molar-refractivity contribution in [1.29, 1.82) is 0 Å². The van der Waals surface area contributed by atoms with E-state index in [4.69, 9.17) is 16.3 Å². The molecule has 0 saturated heterocycles. The van der Waals surface area contributed by atoms with Crippen molar-refractivity contribution in [1.82, 2.24) is 14.9 Å². The molecule has 39 heavy (non-hydrogen) atoms. The van der Waals surface area contributed by atoms with Crippen molar-refractivity contribution in [2.45, 2.75) is 61.4 Å². The lowest BCUT2D eigenvalue weighted by atomic mass is 9.83. The number of nitrogens with one attached hydrogen (secondary N) is 1. The Labute approximate surface area is 238 Å². The molecule has 0 radical (unpaired) electrons. The van der Waals surface area contributed by atoms with Gasteiger partial charge >= 0.3 is 0 Å². The van der Waals surface area contributed by atoms with Crippen LogP contribution in [-0.2, 0) is 0 Å². The third kappa shape index (κ3) is 5.43. The van der Waals surface area contributed by atoms with Gasteiger partial charge in [0, 0.05) is 16.1 Å². The fourth-order valence-electron chi connectivity index (χ4n) is 5.55. The van der Waals surface area contributed by atoms with Gasteiger partial charge in [-0.3, -0.25) is 4.79 Å². The lowest BCUT2D eigenvalue weighted by molar-refractivity contribution is 0.0980. The van der Waals surface area contributed by atoms with Crippen LogP contribution in [0, 0.1) is 0 Å². The van der Waals surface area contributed by atoms with Crippen molar-refractivity contribution in [3.63, 3.8) is 0 Å². The first-order valence-electron chi connectivity index (χ1n) is 13.6. The number of hydrogen-bond donors (Lipinski definition) is 1. The largest absolute Gasteiger partial charge is 0.494 e. The predicted octanol–water partition coefficient (Wildman–Crippen LogP) is 7.69. The summed E-state index contributed by atoms with van der Waals surface area (Å²) in [5.41, 5.74) is 7.50. The number of halogens is 1. The topological polar surface area (TPSA) is 69.0 Å². The van der Waals surface area contributed by atoms with Gasteiger partial charge in [0.05, 0.1) is 12.6 Å². The van der Waals surface area contributed by atoms with E-state index in [0.717, 1.165) is 16.9 Å². The molecule has 0 spiro atoms. The first-order valence-corrected chi connectivity index (χ1v) is 14.9. The second kappa shape index (κ2) is 11.4. The summed E-state index contributed by atoms with van der Waals surface area (Å²) in [4.78, 5) is 14.0. The minimum atomic E-state index is -0.420. The molecule has 8 heteroatoms. The number of benzene rings is 3. The monoisotopic (exact) mass is 558 g/mol. The van der Waals surface area contributed by atoms with Gasteiger partial charge in [0.25, 0.3) is 0 Å². The van der Waals surface area contributed by atoms with Crippen LogP contribution < -0.4 is 10.2 Å². The van der Waals surface area contributed by atoms with Crippen molar-refractivity contribution in [2.75, 3.05) is 12.0 Å². The maximum atomic E-state index is 14.0. The highest BCUT2D eigenvalue weighted by Gasteiger charge is 2.38. The number of nitrogens with zero attached hydrogens (tertiary/aromatic N) is 3. The Morgan fingerprint density at radius 1 is 0.949 bits per heavy atom. The zero-order valence-electron chi connectivity index (χ0n) is 21.8. The number of carbonyl (C=O) groups is 1. The summed E-state index contributed by atoms with van der Waals surface area (Å²) < 4.78 is 7.47. The minimum Gasteiger partial charge on any atom is -0.494 e. The van der Waals surface area contributed by atoms with Crippen LogP contribution in [-0.4, -0.2) is 32.5 Å². The van der Waals surface area contributed by atoms with Gasteiger partial charge in [-0.25, -0.2) is 4.68 Å². The average Bonchev–Trinajstić information content (AvgIpc) is 3.41. The highest BCUT2D eigenvalue weighted by Crippen LogP contribution is 2.41. The average molecular weight is 559 g/mol. The van der Waals surface area contributed by atoms with Crippen molar-refractivity contribution in [2.24, 2.45) is 0 Å². The molecule has 2 atom stereocenters. The Balaban J connectivity index is 1.31. The SMILES string of the molecule is CCOc1ccc(-c2nnc3n2NC(c2ccc(Cl)cc2)C(C(=O)c2ccc(C4CCCCC4)cc2)S3)cc1. The quantitative estimate of drug-likeness (QED) is 0.234. The van der Waals surface area contributed by atoms with Crippen LogP contribution in [0.15, 0.2) is 78.0 Å². The van der Waals surface area contributed by atoms with E-state index in [1.54, 1.807) is 0 Å². The van der Waals surface area contributed by atoms with Crippen LogP contribution in [0.3, 0.4) is 0 Å². The van der Waals surface area contributed by atoms with Gasteiger partial charge < -0.3 is 10.2 Å². The molecule has 6 rings (SSSR count). The van der Waals surface area contributed by atoms with E-state index in [0.29, 0.717) is 34.1 Å². The fraction of sp³-hybridized carbons (Fsp3) is 0.323. The summed E-state index contributed by atoms with van der Waals surface area (Å²) in [7, 11) is 0. The zero-order chi connectivity index (χ0) is 26.8. The van der Waals surface area contributed by atoms with Crippen LogP contribution in [0.2, 0.25) is 5.02 Å². The summed E-state index contributed by atoms with van der Waals surface area (Å²) in [6.07, 6.45) is 6.38. The molecule has 2 heterocycles. The summed E-state index contributed by atoms with van der Waals surface area (Å²) in [6, 6.07) is 23.4. The molecule has 6 nitrogen and oxygen atoms in total. The molecule has 1 fully saturated rings. The first kappa shape index (κ1) is 26.0. The Morgan fingerprint density at radius 2 is 1.64 bits per heavy atom. The fourth-order valence-corrected chi connectivity index (χ4v) is 6.83. The van der Waals surface area contributed by atoms with Crippen LogP contribution in [0.25, 0.3) is 11.4 Å². The van der Waals surface area contributed by atoms with E-state index in [1.165, 1.54) is 49.4 Å². The van der Waals surface area contributed by atoms with E-state index in [2.05, 4.69) is 27.8 Å². The van der Waals surface area contributed by atoms with Crippen LogP contribution in [0.4, 0.5) is 0 Å². The van der Waals surface area contributed by atoms with Gasteiger partial charge in [-0.2, -0.15) is 0 Å². The van der Waals surface area contributed by atoms with E-state index in [-0.39, 0.29) is 11.8 Å². The summed E-state index contributed by atoms with van der Waals surface area (Å²) in [5, 5.41) is 9.81. The molecule has 4 aromatic rings. The van der Waals surface area contributed by atoms with Crippen molar-refractivity contribution >= 4 is 29.1 Å². The third-order valence-electron chi connectivity index (χ3n) is 7.62. The van der Waals surface area contributed by atoms with Crippen molar-refractivity contribution in [3.05, 3.63) is 94.5 Å². The van der Waals surface area contributed by atoms with Crippen LogP contribution in [0.1, 0.15) is 72.5 Å². The third-order valence-corrected chi connectivity index (χ3v) is 9.09. The summed E-state index contributed by atoms with van der Waals surface area (Å²) >= 11 is 7.65. The number of thioether (sulfide) groups is 1. The second-order valence-electron chi connectivity index (χ2n) is 10.1. The molecule has 0 amide bonds. The Morgan fingerprint density at radius 3 is 2.33 bits per heavy atom. The summed E-state index contributed by atoms with van der Waals surface area (Å²) in [6.45, 7) is 2.57. The number of hydrogen-bond acceptors (Lipinski definition) is 6.